The van der Waals surface area contributed by atoms with E-state index in [2.05, 4.69) is 5.10 Å². The molecule has 8 nitrogen and oxygen atoms in total. The molecule has 0 saturated carbocycles. The number of morpholine rings is 1. The number of hydrogen-bond donors (Lipinski definition) is 0. The molecule has 0 amide bonds. The van der Waals surface area contributed by atoms with E-state index in [4.69, 9.17) is 14.2 Å². The van der Waals surface area contributed by atoms with Gasteiger partial charge in [0, 0.05) is 0 Å². The quantitative estimate of drug-likeness (QED) is 0.462. The van der Waals surface area contributed by atoms with Crippen molar-refractivity contribution in [3.63, 3.8) is 0 Å². The van der Waals surface area contributed by atoms with Crippen LogP contribution in [0.5, 0.6) is 11.5 Å². The highest BCUT2D eigenvalue weighted by Gasteiger charge is 2.18. The zero-order valence-electron chi connectivity index (χ0n) is 11.9. The van der Waals surface area contributed by atoms with Gasteiger partial charge in [-0.15, -0.1) is 0 Å². The third-order valence-electron chi connectivity index (χ3n) is 3.08. The van der Waals surface area contributed by atoms with Crippen LogP contribution in [0.15, 0.2) is 17.2 Å². The Kier molecular flexibility index (Phi) is 4.94. The van der Waals surface area contributed by atoms with Crippen molar-refractivity contribution in [2.24, 2.45) is 5.10 Å². The Morgan fingerprint density at radius 1 is 1.29 bits per heavy atom. The van der Waals surface area contributed by atoms with Crippen LogP contribution in [0.1, 0.15) is 5.56 Å². The Labute approximate surface area is 122 Å². The molecule has 2 rings (SSSR count). The van der Waals surface area contributed by atoms with E-state index in [-0.39, 0.29) is 5.69 Å². The number of nitro benzene ring substituents is 1. The predicted molar refractivity (Wildman–Crippen MR) is 76.2 cm³/mol. The molecule has 0 spiro atoms. The molecule has 1 aromatic rings. The minimum Gasteiger partial charge on any atom is -0.493 e. The van der Waals surface area contributed by atoms with Crippen molar-refractivity contribution in [2.45, 2.75) is 0 Å². The molecule has 1 aliphatic heterocycles. The van der Waals surface area contributed by atoms with Gasteiger partial charge in [-0.1, -0.05) is 0 Å². The minimum atomic E-state index is -0.470. The first-order chi connectivity index (χ1) is 10.2. The van der Waals surface area contributed by atoms with E-state index < -0.39 is 4.92 Å². The normalized spacial score (nSPS) is 15.2. The topological polar surface area (TPSA) is 86.4 Å². The van der Waals surface area contributed by atoms with Crippen LogP contribution in [0.25, 0.3) is 0 Å². The lowest BCUT2D eigenvalue weighted by molar-refractivity contribution is -0.385. The van der Waals surface area contributed by atoms with Crippen LogP contribution < -0.4 is 9.47 Å². The van der Waals surface area contributed by atoms with Crippen LogP contribution in [0.3, 0.4) is 0 Å². The summed E-state index contributed by atoms with van der Waals surface area (Å²) in [6.45, 7) is 2.53. The lowest BCUT2D eigenvalue weighted by atomic mass is 10.1. The highest BCUT2D eigenvalue weighted by Crippen LogP contribution is 2.33. The Balaban J connectivity index is 2.31. The average Bonchev–Trinajstić information content (AvgIpc) is 2.52. The Bertz CT molecular complexity index is 541. The molecule has 0 bridgehead atoms. The SMILES string of the molecule is COc1cc(/C=N\N2CCOCC2)c([N+](=O)[O-])cc1OC. The van der Waals surface area contributed by atoms with E-state index in [1.807, 2.05) is 5.01 Å². The molecule has 1 saturated heterocycles. The second-order valence-electron chi connectivity index (χ2n) is 4.33. The summed E-state index contributed by atoms with van der Waals surface area (Å²) in [5.41, 5.74) is 0.286. The summed E-state index contributed by atoms with van der Waals surface area (Å²) < 4.78 is 15.5. The molecule has 1 heterocycles. The highest BCUT2D eigenvalue weighted by atomic mass is 16.6. The molecule has 8 heteroatoms. The number of rotatable bonds is 5. The van der Waals surface area contributed by atoms with Crippen LogP contribution in [0.2, 0.25) is 0 Å². The fraction of sp³-hybridized carbons (Fsp3) is 0.462. The van der Waals surface area contributed by atoms with Crippen LogP contribution in [-0.2, 0) is 4.74 Å². The van der Waals surface area contributed by atoms with Gasteiger partial charge in [0.05, 0.1) is 63.3 Å². The van der Waals surface area contributed by atoms with E-state index in [1.165, 1.54) is 26.5 Å². The number of nitrogens with zero attached hydrogens (tertiary/aromatic N) is 3. The van der Waals surface area contributed by atoms with Crippen molar-refractivity contribution in [3.8, 4) is 11.5 Å². The first kappa shape index (κ1) is 15.0. The van der Waals surface area contributed by atoms with Crippen LogP contribution in [0.4, 0.5) is 5.69 Å². The molecule has 114 valence electrons. The van der Waals surface area contributed by atoms with E-state index >= 15 is 0 Å². The second-order valence-corrected chi connectivity index (χ2v) is 4.33. The molecule has 0 aromatic heterocycles. The van der Waals surface area contributed by atoms with Crippen LogP contribution >= 0.6 is 0 Å². The van der Waals surface area contributed by atoms with E-state index in [1.54, 1.807) is 6.07 Å². The smallest absolute Gasteiger partial charge is 0.282 e. The van der Waals surface area contributed by atoms with E-state index in [0.717, 1.165) is 0 Å². The van der Waals surface area contributed by atoms with Gasteiger partial charge in [-0.3, -0.25) is 15.1 Å². The van der Waals surface area contributed by atoms with Crippen molar-refractivity contribution < 1.29 is 19.1 Å². The van der Waals surface area contributed by atoms with E-state index in [9.17, 15) is 10.1 Å². The van der Waals surface area contributed by atoms with Crippen molar-refractivity contribution in [3.05, 3.63) is 27.8 Å². The third-order valence-corrected chi connectivity index (χ3v) is 3.08. The fourth-order valence-corrected chi connectivity index (χ4v) is 1.96. The third kappa shape index (κ3) is 3.60. The van der Waals surface area contributed by atoms with Crippen LogP contribution in [-0.4, -0.2) is 56.7 Å². The van der Waals surface area contributed by atoms with Crippen molar-refractivity contribution >= 4 is 11.9 Å². The molecule has 0 radical (unpaired) electrons. The molecule has 0 aliphatic carbocycles. The summed E-state index contributed by atoms with van der Waals surface area (Å²) in [5, 5.41) is 17.2. The number of benzene rings is 1. The summed E-state index contributed by atoms with van der Waals surface area (Å²) in [6, 6.07) is 2.88. The minimum absolute atomic E-state index is 0.0790. The predicted octanol–water partition coefficient (Wildman–Crippen LogP) is 1.28. The Morgan fingerprint density at radius 2 is 1.90 bits per heavy atom. The monoisotopic (exact) mass is 295 g/mol. The molecule has 0 atom stereocenters. The zero-order chi connectivity index (χ0) is 15.2. The van der Waals surface area contributed by atoms with Gasteiger partial charge < -0.3 is 14.2 Å². The highest BCUT2D eigenvalue weighted by molar-refractivity contribution is 5.86. The average molecular weight is 295 g/mol. The lowest BCUT2D eigenvalue weighted by Crippen LogP contribution is -2.32. The standard InChI is InChI=1S/C13H17N3O5/c1-19-12-7-10(9-14-15-3-5-21-6-4-15)11(16(17)18)8-13(12)20-2/h7-9H,3-6H2,1-2H3/b14-9-. The summed E-state index contributed by atoms with van der Waals surface area (Å²) in [7, 11) is 2.91. The van der Waals surface area contributed by atoms with E-state index in [0.29, 0.717) is 43.4 Å². The molecule has 0 unspecified atom stereocenters. The van der Waals surface area contributed by atoms with Gasteiger partial charge in [0.25, 0.3) is 5.69 Å². The first-order valence-electron chi connectivity index (χ1n) is 6.42. The largest absolute Gasteiger partial charge is 0.493 e. The van der Waals surface area contributed by atoms with Gasteiger partial charge in [-0.2, -0.15) is 5.10 Å². The van der Waals surface area contributed by atoms with Crippen molar-refractivity contribution in [1.82, 2.24) is 5.01 Å². The molecular formula is C13H17N3O5. The molecule has 1 fully saturated rings. The summed E-state index contributed by atoms with van der Waals surface area (Å²) in [6.07, 6.45) is 1.46. The Morgan fingerprint density at radius 3 is 2.48 bits per heavy atom. The number of hydrogen-bond acceptors (Lipinski definition) is 7. The molecule has 21 heavy (non-hydrogen) atoms. The number of hydrazone groups is 1. The lowest BCUT2D eigenvalue weighted by Gasteiger charge is -2.23. The molecular weight excluding hydrogens is 278 g/mol. The summed E-state index contributed by atoms with van der Waals surface area (Å²) in [5.74, 6) is 0.735. The summed E-state index contributed by atoms with van der Waals surface area (Å²) in [4.78, 5) is 10.7. The molecule has 1 aromatic carbocycles. The Hall–Kier alpha value is -2.35. The van der Waals surface area contributed by atoms with Gasteiger partial charge in [0.1, 0.15) is 0 Å². The molecule has 1 aliphatic rings. The maximum absolute atomic E-state index is 11.2. The molecule has 0 N–H and O–H groups in total. The maximum Gasteiger partial charge on any atom is 0.282 e. The van der Waals surface area contributed by atoms with Gasteiger partial charge >= 0.3 is 0 Å². The number of nitro groups is 1. The maximum atomic E-state index is 11.2. The van der Waals surface area contributed by atoms with Gasteiger partial charge in [0.15, 0.2) is 11.5 Å². The van der Waals surface area contributed by atoms with Gasteiger partial charge in [-0.05, 0) is 6.07 Å². The van der Waals surface area contributed by atoms with Gasteiger partial charge in [0.2, 0.25) is 0 Å². The van der Waals surface area contributed by atoms with Crippen LogP contribution in [0, 0.1) is 10.1 Å². The zero-order valence-corrected chi connectivity index (χ0v) is 11.9. The number of methoxy groups -OCH3 is 2. The van der Waals surface area contributed by atoms with Gasteiger partial charge in [-0.25, -0.2) is 0 Å². The first-order valence-corrected chi connectivity index (χ1v) is 6.42. The number of ether oxygens (including phenoxy) is 3. The van der Waals surface area contributed by atoms with Crippen molar-refractivity contribution in [1.29, 1.82) is 0 Å². The fourth-order valence-electron chi connectivity index (χ4n) is 1.96. The summed E-state index contributed by atoms with van der Waals surface area (Å²) >= 11 is 0. The van der Waals surface area contributed by atoms with Crippen molar-refractivity contribution in [2.75, 3.05) is 40.5 Å². The second kappa shape index (κ2) is 6.89.